The van der Waals surface area contributed by atoms with Crippen LogP contribution in [0.15, 0.2) is 23.1 Å². The van der Waals surface area contributed by atoms with Crippen molar-refractivity contribution >= 4 is 25.6 Å². The van der Waals surface area contributed by atoms with Crippen molar-refractivity contribution in [1.82, 2.24) is 4.90 Å². The molecule has 1 aliphatic heterocycles. The quantitative estimate of drug-likeness (QED) is 0.796. The van der Waals surface area contributed by atoms with Gasteiger partial charge in [-0.2, -0.15) is 0 Å². The normalized spacial score (nSPS) is 22.3. The Labute approximate surface area is 129 Å². The maximum atomic E-state index is 12.6. The first-order chi connectivity index (χ1) is 9.71. The molecule has 0 N–H and O–H groups in total. The zero-order chi connectivity index (χ0) is 15.8. The smallest absolute Gasteiger partial charge is 0.262 e. The molecule has 2 unspecified atom stereocenters. The largest absolute Gasteiger partial charge is 0.376 e. The number of likely N-dealkylation sites (N-methyl/N-ethyl adjacent to an activating group) is 1. The summed E-state index contributed by atoms with van der Waals surface area (Å²) in [5, 5.41) is 0. The summed E-state index contributed by atoms with van der Waals surface area (Å²) in [5.41, 5.74) is 0.901. The van der Waals surface area contributed by atoms with E-state index in [-0.39, 0.29) is 28.5 Å². The average Bonchev–Trinajstić information content (AvgIpc) is 2.81. The van der Waals surface area contributed by atoms with E-state index in [1.54, 1.807) is 26.1 Å². The highest BCUT2D eigenvalue weighted by molar-refractivity contribution is 8.13. The molecule has 0 saturated carbocycles. The summed E-state index contributed by atoms with van der Waals surface area (Å²) < 4.78 is 28.8. The predicted octanol–water partition coefficient (Wildman–Crippen LogP) is 2.17. The molecule has 1 heterocycles. The second kappa shape index (κ2) is 5.94. The summed E-state index contributed by atoms with van der Waals surface area (Å²) in [6.45, 7) is 4.29. The number of amides is 1. The first-order valence-corrected chi connectivity index (χ1v) is 8.97. The number of benzene rings is 1. The van der Waals surface area contributed by atoms with E-state index in [4.69, 9.17) is 15.4 Å². The van der Waals surface area contributed by atoms with Crippen LogP contribution in [0.4, 0.5) is 0 Å². The Morgan fingerprint density at radius 1 is 1.43 bits per heavy atom. The van der Waals surface area contributed by atoms with Crippen LogP contribution in [0.25, 0.3) is 0 Å². The Hall–Kier alpha value is -1.11. The first kappa shape index (κ1) is 16.3. The summed E-state index contributed by atoms with van der Waals surface area (Å²) in [4.78, 5) is 14.0. The number of rotatable bonds is 3. The standard InChI is InChI=1S/C14H18ClNO4S/c1-9-4-5-13(21(15,18)19)11(8-9)14(17)16(3)12-6-7-20-10(12)2/h4-5,8,10,12H,6-7H2,1-3H3. The molecule has 0 aromatic heterocycles. The number of nitrogens with zero attached hydrogens (tertiary/aromatic N) is 1. The van der Waals surface area contributed by atoms with Gasteiger partial charge in [0, 0.05) is 24.3 Å². The van der Waals surface area contributed by atoms with E-state index >= 15 is 0 Å². The van der Waals surface area contributed by atoms with Gasteiger partial charge in [0.05, 0.1) is 22.6 Å². The molecule has 2 atom stereocenters. The van der Waals surface area contributed by atoms with Gasteiger partial charge in [-0.25, -0.2) is 8.42 Å². The monoisotopic (exact) mass is 331 g/mol. The molecule has 0 aliphatic carbocycles. The molecule has 1 aromatic carbocycles. The molecule has 1 fully saturated rings. The van der Waals surface area contributed by atoms with Gasteiger partial charge in [0.15, 0.2) is 0 Å². The van der Waals surface area contributed by atoms with Gasteiger partial charge in [0.2, 0.25) is 0 Å². The molecule has 1 saturated heterocycles. The second-order valence-electron chi connectivity index (χ2n) is 5.29. The third-order valence-electron chi connectivity index (χ3n) is 3.78. The van der Waals surface area contributed by atoms with E-state index in [0.717, 1.165) is 12.0 Å². The lowest BCUT2D eigenvalue weighted by molar-refractivity contribution is 0.0571. The first-order valence-electron chi connectivity index (χ1n) is 6.66. The summed E-state index contributed by atoms with van der Waals surface area (Å²) >= 11 is 0. The molecule has 0 spiro atoms. The number of hydrogen-bond donors (Lipinski definition) is 0. The highest BCUT2D eigenvalue weighted by atomic mass is 35.7. The lowest BCUT2D eigenvalue weighted by atomic mass is 10.1. The number of carbonyl (C=O) groups is 1. The van der Waals surface area contributed by atoms with Gasteiger partial charge >= 0.3 is 0 Å². The van der Waals surface area contributed by atoms with Gasteiger partial charge in [0.25, 0.3) is 15.0 Å². The van der Waals surface area contributed by atoms with Crippen molar-refractivity contribution in [2.75, 3.05) is 13.7 Å². The topological polar surface area (TPSA) is 63.7 Å². The molecule has 7 heteroatoms. The van der Waals surface area contributed by atoms with Crippen molar-refractivity contribution in [3.63, 3.8) is 0 Å². The van der Waals surface area contributed by atoms with Gasteiger partial charge in [0.1, 0.15) is 0 Å². The minimum absolute atomic E-state index is 0.0658. The van der Waals surface area contributed by atoms with E-state index in [1.165, 1.54) is 11.0 Å². The molecule has 0 radical (unpaired) electrons. The van der Waals surface area contributed by atoms with Gasteiger partial charge in [-0.05, 0) is 32.4 Å². The molecular formula is C14H18ClNO4S. The van der Waals surface area contributed by atoms with Crippen molar-refractivity contribution in [2.24, 2.45) is 0 Å². The van der Waals surface area contributed by atoms with E-state index < -0.39 is 9.05 Å². The van der Waals surface area contributed by atoms with Crippen LogP contribution in [0.1, 0.15) is 29.3 Å². The van der Waals surface area contributed by atoms with Crippen LogP contribution >= 0.6 is 10.7 Å². The molecule has 1 aromatic rings. The molecule has 1 aliphatic rings. The fraction of sp³-hybridized carbons (Fsp3) is 0.500. The SMILES string of the molecule is Cc1ccc(S(=O)(=O)Cl)c(C(=O)N(C)C2CCOC2C)c1. The summed E-state index contributed by atoms with van der Waals surface area (Å²) in [6.07, 6.45) is 0.665. The molecular weight excluding hydrogens is 314 g/mol. The molecule has 116 valence electrons. The fourth-order valence-corrected chi connectivity index (χ4v) is 3.64. The van der Waals surface area contributed by atoms with Crippen LogP contribution in [0, 0.1) is 6.92 Å². The van der Waals surface area contributed by atoms with Crippen LogP contribution in [0.5, 0.6) is 0 Å². The highest BCUT2D eigenvalue weighted by Gasteiger charge is 2.33. The minimum Gasteiger partial charge on any atom is -0.376 e. The second-order valence-corrected chi connectivity index (χ2v) is 7.82. The van der Waals surface area contributed by atoms with Gasteiger partial charge in [-0.3, -0.25) is 4.79 Å². The van der Waals surface area contributed by atoms with Crippen LogP contribution in [-0.4, -0.2) is 45.0 Å². The third-order valence-corrected chi connectivity index (χ3v) is 5.16. The molecule has 21 heavy (non-hydrogen) atoms. The number of hydrogen-bond acceptors (Lipinski definition) is 4. The predicted molar refractivity (Wildman–Crippen MR) is 80.1 cm³/mol. The Kier molecular flexibility index (Phi) is 4.60. The van der Waals surface area contributed by atoms with Crippen molar-refractivity contribution in [3.05, 3.63) is 29.3 Å². The van der Waals surface area contributed by atoms with Crippen LogP contribution in [0.3, 0.4) is 0 Å². The van der Waals surface area contributed by atoms with E-state index in [9.17, 15) is 13.2 Å². The molecule has 2 rings (SSSR count). The Bertz CT molecular complexity index is 659. The zero-order valence-electron chi connectivity index (χ0n) is 12.2. The van der Waals surface area contributed by atoms with E-state index in [0.29, 0.717) is 6.61 Å². The zero-order valence-corrected chi connectivity index (χ0v) is 13.7. The number of aryl methyl sites for hydroxylation is 1. The maximum Gasteiger partial charge on any atom is 0.262 e. The van der Waals surface area contributed by atoms with Crippen LogP contribution < -0.4 is 0 Å². The number of carbonyl (C=O) groups excluding carboxylic acids is 1. The highest BCUT2D eigenvalue weighted by Crippen LogP contribution is 2.25. The summed E-state index contributed by atoms with van der Waals surface area (Å²) in [5.74, 6) is -0.361. The summed E-state index contributed by atoms with van der Waals surface area (Å²) in [7, 11) is 3.12. The van der Waals surface area contributed by atoms with Crippen molar-refractivity contribution in [1.29, 1.82) is 0 Å². The van der Waals surface area contributed by atoms with Crippen molar-refractivity contribution in [3.8, 4) is 0 Å². The Morgan fingerprint density at radius 3 is 2.62 bits per heavy atom. The molecule has 0 bridgehead atoms. The van der Waals surface area contributed by atoms with Crippen LogP contribution in [-0.2, 0) is 13.8 Å². The van der Waals surface area contributed by atoms with E-state index in [2.05, 4.69) is 0 Å². The van der Waals surface area contributed by atoms with Gasteiger partial charge in [-0.15, -0.1) is 0 Å². The van der Waals surface area contributed by atoms with E-state index in [1.807, 2.05) is 6.92 Å². The Balaban J connectivity index is 2.41. The lowest BCUT2D eigenvalue weighted by Gasteiger charge is -2.27. The molecule has 1 amide bonds. The molecule has 5 nitrogen and oxygen atoms in total. The lowest BCUT2D eigenvalue weighted by Crippen LogP contribution is -2.41. The van der Waals surface area contributed by atoms with Crippen LogP contribution in [0.2, 0.25) is 0 Å². The van der Waals surface area contributed by atoms with Gasteiger partial charge in [-0.1, -0.05) is 11.6 Å². The third kappa shape index (κ3) is 3.39. The van der Waals surface area contributed by atoms with Crippen molar-refractivity contribution in [2.45, 2.75) is 37.3 Å². The van der Waals surface area contributed by atoms with Gasteiger partial charge < -0.3 is 9.64 Å². The van der Waals surface area contributed by atoms with Crippen molar-refractivity contribution < 1.29 is 17.9 Å². The Morgan fingerprint density at radius 2 is 2.10 bits per heavy atom. The number of halogens is 1. The minimum atomic E-state index is -3.97. The average molecular weight is 332 g/mol. The number of ether oxygens (including phenoxy) is 1. The summed E-state index contributed by atoms with van der Waals surface area (Å²) in [6, 6.07) is 4.47. The fourth-order valence-electron chi connectivity index (χ4n) is 2.59. The maximum absolute atomic E-state index is 12.6.